The normalized spacial score (nSPS) is 16.6. The molecule has 0 aliphatic carbocycles. The smallest absolute Gasteiger partial charge is 0.410 e. The second-order valence-electron chi connectivity index (χ2n) is 7.25. The van der Waals surface area contributed by atoms with Gasteiger partial charge in [0.2, 0.25) is 0 Å². The second-order valence-corrected chi connectivity index (χ2v) is 7.25. The summed E-state index contributed by atoms with van der Waals surface area (Å²) in [6.45, 7) is 9.35. The lowest BCUT2D eigenvalue weighted by Crippen LogP contribution is -2.43. The van der Waals surface area contributed by atoms with Gasteiger partial charge in [-0.2, -0.15) is 0 Å². The summed E-state index contributed by atoms with van der Waals surface area (Å²) < 4.78 is 5.42. The Labute approximate surface area is 139 Å². The number of hydrogen-bond donors (Lipinski definition) is 2. The zero-order chi connectivity index (χ0) is 16.7. The number of likely N-dealkylation sites (tertiary alicyclic amines) is 1. The SMILES string of the molecule is CC(C)(C)OC(=O)N1CCC(CNCCCc2ncc[nH]2)CC1. The molecule has 1 fully saturated rings. The van der Waals surface area contributed by atoms with E-state index in [-0.39, 0.29) is 6.09 Å². The lowest BCUT2D eigenvalue weighted by molar-refractivity contribution is 0.0184. The van der Waals surface area contributed by atoms with Gasteiger partial charge in [0.15, 0.2) is 0 Å². The summed E-state index contributed by atoms with van der Waals surface area (Å²) in [6, 6.07) is 0. The molecule has 1 aliphatic heterocycles. The van der Waals surface area contributed by atoms with Gasteiger partial charge in [0, 0.05) is 31.9 Å². The van der Waals surface area contributed by atoms with Crippen molar-refractivity contribution in [3.63, 3.8) is 0 Å². The first kappa shape index (κ1) is 17.8. The molecule has 6 nitrogen and oxygen atoms in total. The van der Waals surface area contributed by atoms with Crippen LogP contribution in [0.1, 0.15) is 45.9 Å². The van der Waals surface area contributed by atoms with Gasteiger partial charge in [-0.25, -0.2) is 9.78 Å². The second kappa shape index (κ2) is 8.34. The average molecular weight is 322 g/mol. The van der Waals surface area contributed by atoms with Crippen LogP contribution in [0.3, 0.4) is 0 Å². The van der Waals surface area contributed by atoms with E-state index in [1.54, 1.807) is 6.20 Å². The molecule has 1 aromatic rings. The van der Waals surface area contributed by atoms with E-state index in [9.17, 15) is 4.79 Å². The minimum Gasteiger partial charge on any atom is -0.444 e. The lowest BCUT2D eigenvalue weighted by Gasteiger charge is -2.33. The highest BCUT2D eigenvalue weighted by atomic mass is 16.6. The molecule has 23 heavy (non-hydrogen) atoms. The van der Waals surface area contributed by atoms with Gasteiger partial charge < -0.3 is 19.9 Å². The number of nitrogens with one attached hydrogen (secondary N) is 2. The maximum absolute atomic E-state index is 12.0. The van der Waals surface area contributed by atoms with Crippen LogP contribution in [-0.4, -0.2) is 52.7 Å². The molecule has 6 heteroatoms. The van der Waals surface area contributed by atoms with E-state index in [4.69, 9.17) is 4.74 Å². The maximum atomic E-state index is 12.0. The first-order chi connectivity index (χ1) is 10.9. The number of amides is 1. The summed E-state index contributed by atoms with van der Waals surface area (Å²) in [5, 5.41) is 3.52. The Bertz CT molecular complexity index is 459. The molecule has 0 radical (unpaired) electrons. The number of aromatic nitrogens is 2. The van der Waals surface area contributed by atoms with Crippen molar-refractivity contribution in [1.82, 2.24) is 20.2 Å². The topological polar surface area (TPSA) is 70.2 Å². The molecule has 0 saturated carbocycles. The summed E-state index contributed by atoms with van der Waals surface area (Å²) in [5.41, 5.74) is -0.413. The van der Waals surface area contributed by atoms with Crippen molar-refractivity contribution in [3.05, 3.63) is 18.2 Å². The van der Waals surface area contributed by atoms with Gasteiger partial charge >= 0.3 is 6.09 Å². The van der Waals surface area contributed by atoms with Crippen molar-refractivity contribution in [1.29, 1.82) is 0 Å². The number of ether oxygens (including phenoxy) is 1. The Morgan fingerprint density at radius 1 is 1.43 bits per heavy atom. The molecule has 0 atom stereocenters. The quantitative estimate of drug-likeness (QED) is 0.790. The number of nitrogens with zero attached hydrogens (tertiary/aromatic N) is 2. The fourth-order valence-electron chi connectivity index (χ4n) is 2.77. The highest BCUT2D eigenvalue weighted by molar-refractivity contribution is 5.68. The monoisotopic (exact) mass is 322 g/mol. The van der Waals surface area contributed by atoms with Gasteiger partial charge in [0.05, 0.1) is 0 Å². The number of hydrogen-bond acceptors (Lipinski definition) is 4. The van der Waals surface area contributed by atoms with E-state index in [0.717, 1.165) is 57.7 Å². The first-order valence-electron chi connectivity index (χ1n) is 8.61. The molecule has 2 rings (SSSR count). The predicted octanol–water partition coefficient (Wildman–Crippen LogP) is 2.58. The van der Waals surface area contributed by atoms with Gasteiger partial charge in [-0.3, -0.25) is 0 Å². The summed E-state index contributed by atoms with van der Waals surface area (Å²) in [7, 11) is 0. The third-order valence-corrected chi connectivity index (χ3v) is 4.02. The van der Waals surface area contributed by atoms with E-state index >= 15 is 0 Å². The number of aromatic amines is 1. The molecular weight excluding hydrogens is 292 g/mol. The lowest BCUT2D eigenvalue weighted by atomic mass is 9.97. The van der Waals surface area contributed by atoms with Gasteiger partial charge in [-0.1, -0.05) is 0 Å². The average Bonchev–Trinajstić information content (AvgIpc) is 2.99. The number of carbonyl (C=O) groups is 1. The van der Waals surface area contributed by atoms with Crippen molar-refractivity contribution in [2.75, 3.05) is 26.2 Å². The Morgan fingerprint density at radius 3 is 2.78 bits per heavy atom. The van der Waals surface area contributed by atoms with Crippen LogP contribution in [0.15, 0.2) is 12.4 Å². The van der Waals surface area contributed by atoms with Crippen LogP contribution in [0.4, 0.5) is 4.79 Å². The fraction of sp³-hybridized carbons (Fsp3) is 0.765. The molecule has 0 spiro atoms. The van der Waals surface area contributed by atoms with Crippen LogP contribution in [0.5, 0.6) is 0 Å². The van der Waals surface area contributed by atoms with Crippen molar-refractivity contribution in [3.8, 4) is 0 Å². The Morgan fingerprint density at radius 2 is 2.17 bits per heavy atom. The van der Waals surface area contributed by atoms with Crippen LogP contribution in [0.2, 0.25) is 0 Å². The summed E-state index contributed by atoms with van der Waals surface area (Å²) in [4.78, 5) is 21.2. The molecule has 1 saturated heterocycles. The molecule has 2 heterocycles. The van der Waals surface area contributed by atoms with E-state index in [1.165, 1.54) is 0 Å². The van der Waals surface area contributed by atoms with E-state index in [0.29, 0.717) is 5.92 Å². The van der Waals surface area contributed by atoms with Crippen LogP contribution < -0.4 is 5.32 Å². The van der Waals surface area contributed by atoms with Gasteiger partial charge in [0.1, 0.15) is 11.4 Å². The minimum atomic E-state index is -0.413. The van der Waals surface area contributed by atoms with Crippen LogP contribution in [0.25, 0.3) is 0 Å². The molecule has 130 valence electrons. The zero-order valence-corrected chi connectivity index (χ0v) is 14.6. The standard InChI is InChI=1S/C17H30N4O2/c1-17(2,3)23-16(22)21-11-6-14(7-12-21)13-18-8-4-5-15-19-9-10-20-15/h9-10,14,18H,4-8,11-13H2,1-3H3,(H,19,20). The van der Waals surface area contributed by atoms with Gasteiger partial charge in [-0.15, -0.1) is 0 Å². The number of imidazole rings is 1. The summed E-state index contributed by atoms with van der Waals surface area (Å²) in [5.74, 6) is 1.70. The number of carbonyl (C=O) groups excluding carboxylic acids is 1. The predicted molar refractivity (Wildman–Crippen MR) is 90.3 cm³/mol. The van der Waals surface area contributed by atoms with Crippen molar-refractivity contribution in [2.24, 2.45) is 5.92 Å². The van der Waals surface area contributed by atoms with Crippen LogP contribution in [0, 0.1) is 5.92 Å². The van der Waals surface area contributed by atoms with Crippen molar-refractivity contribution >= 4 is 6.09 Å². The molecule has 1 aromatic heterocycles. The van der Waals surface area contributed by atoms with Crippen LogP contribution in [-0.2, 0) is 11.2 Å². The fourth-order valence-corrected chi connectivity index (χ4v) is 2.77. The molecular formula is C17H30N4O2. The Balaban J connectivity index is 1.55. The summed E-state index contributed by atoms with van der Waals surface area (Å²) >= 11 is 0. The molecule has 0 aromatic carbocycles. The largest absolute Gasteiger partial charge is 0.444 e. The number of rotatable bonds is 6. The van der Waals surface area contributed by atoms with Gasteiger partial charge in [0.25, 0.3) is 0 Å². The van der Waals surface area contributed by atoms with E-state index in [2.05, 4.69) is 15.3 Å². The first-order valence-corrected chi connectivity index (χ1v) is 8.61. The zero-order valence-electron chi connectivity index (χ0n) is 14.6. The summed E-state index contributed by atoms with van der Waals surface area (Å²) in [6.07, 6.45) is 7.64. The number of aryl methyl sites for hydroxylation is 1. The van der Waals surface area contributed by atoms with Gasteiger partial charge in [-0.05, 0) is 59.0 Å². The Kier molecular flexibility index (Phi) is 6.45. The minimum absolute atomic E-state index is 0.178. The number of H-pyrrole nitrogens is 1. The third-order valence-electron chi connectivity index (χ3n) is 4.02. The molecule has 0 unspecified atom stereocenters. The van der Waals surface area contributed by atoms with Crippen LogP contribution >= 0.6 is 0 Å². The van der Waals surface area contributed by atoms with E-state index in [1.807, 2.05) is 31.9 Å². The van der Waals surface area contributed by atoms with E-state index < -0.39 is 5.60 Å². The molecule has 0 bridgehead atoms. The van der Waals surface area contributed by atoms with Crippen molar-refractivity contribution in [2.45, 2.75) is 52.1 Å². The molecule has 2 N–H and O–H groups in total. The van der Waals surface area contributed by atoms with Crippen molar-refractivity contribution < 1.29 is 9.53 Å². The third kappa shape index (κ3) is 6.60. The molecule has 1 amide bonds. The molecule has 1 aliphatic rings. The highest BCUT2D eigenvalue weighted by Crippen LogP contribution is 2.19. The Hall–Kier alpha value is -1.56. The highest BCUT2D eigenvalue weighted by Gasteiger charge is 2.26. The maximum Gasteiger partial charge on any atom is 0.410 e. The number of piperidine rings is 1.